The Morgan fingerprint density at radius 2 is 1.68 bits per heavy atom. The first kappa shape index (κ1) is 25.6. The number of hydrogen-bond donors (Lipinski definition) is 1. The van der Waals surface area contributed by atoms with Crippen molar-refractivity contribution in [2.75, 3.05) is 52.4 Å². The van der Waals surface area contributed by atoms with Crippen LogP contribution in [0.3, 0.4) is 0 Å². The molecule has 2 aliphatic heterocycles. The van der Waals surface area contributed by atoms with Crippen LogP contribution in [0.25, 0.3) is 0 Å². The molecular weight excluding hydrogens is 423 g/mol. The van der Waals surface area contributed by atoms with E-state index in [4.69, 9.17) is 10.5 Å². The number of halogens is 1. The predicted molar refractivity (Wildman–Crippen MR) is 119 cm³/mol. The van der Waals surface area contributed by atoms with Crippen molar-refractivity contribution in [1.29, 1.82) is 0 Å². The van der Waals surface area contributed by atoms with E-state index in [-0.39, 0.29) is 25.9 Å². The smallest absolute Gasteiger partial charge is 0.240 e. The van der Waals surface area contributed by atoms with E-state index in [1.807, 2.05) is 25.7 Å². The summed E-state index contributed by atoms with van der Waals surface area (Å²) in [5, 5.41) is 0. The maximum Gasteiger partial charge on any atom is 0.240 e. The zero-order valence-corrected chi connectivity index (χ0v) is 20.0. The third-order valence-electron chi connectivity index (χ3n) is 6.37. The lowest BCUT2D eigenvalue weighted by Crippen LogP contribution is -2.63. The molecule has 0 spiro atoms. The molecule has 2 rings (SSSR count). The van der Waals surface area contributed by atoms with Crippen LogP contribution in [-0.2, 0) is 19.6 Å². The van der Waals surface area contributed by atoms with E-state index in [2.05, 4.69) is 4.90 Å². The lowest BCUT2D eigenvalue weighted by atomic mass is 9.95. The predicted octanol–water partition coefficient (Wildman–Crippen LogP) is 1.81. The Hall–Kier alpha value is -1.65. The molecule has 0 bridgehead atoms. The monoisotopic (exact) mass is 460 g/mol. The van der Waals surface area contributed by atoms with Gasteiger partial charge in [0.2, 0.25) is 15.9 Å². The molecule has 178 valence electrons. The van der Waals surface area contributed by atoms with Crippen LogP contribution in [0.1, 0.15) is 47.0 Å². The number of carbonyl (C=O) groups excluding carboxylic acids is 1. The van der Waals surface area contributed by atoms with E-state index in [9.17, 15) is 17.6 Å². The Labute approximate surface area is 185 Å². The summed E-state index contributed by atoms with van der Waals surface area (Å²) in [6.07, 6.45) is 2.32. The van der Waals surface area contributed by atoms with Gasteiger partial charge in [0.1, 0.15) is 5.76 Å². The molecular formula is C21H37FN4O4S. The van der Waals surface area contributed by atoms with Crippen molar-refractivity contribution in [3.05, 3.63) is 23.4 Å². The van der Waals surface area contributed by atoms with Crippen LogP contribution in [-0.4, -0.2) is 85.6 Å². The molecule has 2 fully saturated rings. The molecule has 2 saturated heterocycles. The van der Waals surface area contributed by atoms with Crippen LogP contribution < -0.4 is 5.73 Å². The van der Waals surface area contributed by atoms with E-state index < -0.39 is 26.5 Å². The summed E-state index contributed by atoms with van der Waals surface area (Å²) in [6.45, 7) is 11.0. The SMILES string of the molecule is CCO/C(CC)=C(F)/C=C(\C)N1CCN(S(=O)(=O)C2(C(N)=O)CCN(CC)CC2)CC1. The van der Waals surface area contributed by atoms with Crippen molar-refractivity contribution in [1.82, 2.24) is 14.1 Å². The molecule has 0 saturated carbocycles. The van der Waals surface area contributed by atoms with Crippen molar-refractivity contribution in [2.45, 2.75) is 51.7 Å². The molecule has 0 unspecified atom stereocenters. The molecule has 2 aliphatic rings. The summed E-state index contributed by atoms with van der Waals surface area (Å²) in [7, 11) is -3.89. The molecule has 10 heteroatoms. The third-order valence-corrected chi connectivity index (χ3v) is 9.01. The number of sulfonamides is 1. The Kier molecular flexibility index (Phi) is 8.91. The molecule has 8 nitrogen and oxygen atoms in total. The molecule has 0 aliphatic carbocycles. The lowest BCUT2D eigenvalue weighted by Gasteiger charge is -2.43. The van der Waals surface area contributed by atoms with Gasteiger partial charge in [-0.25, -0.2) is 12.8 Å². The standard InChI is InChI=1S/C21H37FN4O4S/c1-5-19(30-7-3)18(22)16-17(4)25-12-14-26(15-13-25)31(28,29)21(20(23)27)8-10-24(6-2)11-9-21/h16H,5-15H2,1-4H3,(H2,23,27)/b17-16+,19-18-. The number of likely N-dealkylation sites (tertiary alicyclic amines) is 1. The number of amides is 1. The second kappa shape index (κ2) is 10.8. The van der Waals surface area contributed by atoms with Crippen LogP contribution in [0.5, 0.6) is 0 Å². The number of piperazine rings is 1. The van der Waals surface area contributed by atoms with Crippen molar-refractivity contribution in [3.63, 3.8) is 0 Å². The first-order chi connectivity index (χ1) is 14.6. The van der Waals surface area contributed by atoms with E-state index >= 15 is 0 Å². The van der Waals surface area contributed by atoms with E-state index in [1.54, 1.807) is 6.92 Å². The zero-order chi connectivity index (χ0) is 23.2. The minimum absolute atomic E-state index is 0.213. The topological polar surface area (TPSA) is 96.2 Å². The van der Waals surface area contributed by atoms with Gasteiger partial charge in [0.15, 0.2) is 10.6 Å². The quantitative estimate of drug-likeness (QED) is 0.416. The highest BCUT2D eigenvalue weighted by Crippen LogP contribution is 2.34. The Balaban J connectivity index is 2.12. The van der Waals surface area contributed by atoms with Gasteiger partial charge >= 0.3 is 0 Å². The van der Waals surface area contributed by atoms with Crippen molar-refractivity contribution >= 4 is 15.9 Å². The van der Waals surface area contributed by atoms with Gasteiger partial charge in [-0.2, -0.15) is 4.31 Å². The maximum absolute atomic E-state index is 14.5. The normalized spacial score (nSPS) is 22.2. The summed E-state index contributed by atoms with van der Waals surface area (Å²) in [5.74, 6) is -0.867. The van der Waals surface area contributed by atoms with Crippen molar-refractivity contribution < 1.29 is 22.3 Å². The van der Waals surface area contributed by atoms with Gasteiger partial charge in [0, 0.05) is 51.4 Å². The molecule has 2 heterocycles. The number of primary amides is 1. The minimum atomic E-state index is -3.89. The fraction of sp³-hybridized carbons (Fsp3) is 0.762. The molecule has 0 aromatic carbocycles. The van der Waals surface area contributed by atoms with Gasteiger partial charge in [0.05, 0.1) is 6.61 Å². The highest BCUT2D eigenvalue weighted by atomic mass is 32.2. The van der Waals surface area contributed by atoms with Gasteiger partial charge in [0.25, 0.3) is 0 Å². The van der Waals surface area contributed by atoms with Crippen LogP contribution in [0.2, 0.25) is 0 Å². The highest BCUT2D eigenvalue weighted by molar-refractivity contribution is 7.91. The van der Waals surface area contributed by atoms with Gasteiger partial charge < -0.3 is 20.3 Å². The molecule has 0 radical (unpaired) electrons. The second-order valence-electron chi connectivity index (χ2n) is 8.03. The molecule has 0 atom stereocenters. The first-order valence-corrected chi connectivity index (χ1v) is 12.5. The largest absolute Gasteiger partial charge is 0.495 e. The number of allylic oxidation sites excluding steroid dienone is 4. The maximum atomic E-state index is 14.5. The summed E-state index contributed by atoms with van der Waals surface area (Å²) in [5.41, 5.74) is 6.35. The Morgan fingerprint density at radius 3 is 2.13 bits per heavy atom. The molecule has 2 N–H and O–H groups in total. The molecule has 31 heavy (non-hydrogen) atoms. The number of nitrogens with zero attached hydrogens (tertiary/aromatic N) is 3. The number of piperidine rings is 1. The second-order valence-corrected chi connectivity index (χ2v) is 10.3. The fourth-order valence-corrected chi connectivity index (χ4v) is 6.35. The van der Waals surface area contributed by atoms with Crippen LogP contribution in [0.15, 0.2) is 23.4 Å². The summed E-state index contributed by atoms with van der Waals surface area (Å²) in [4.78, 5) is 16.4. The van der Waals surface area contributed by atoms with E-state index in [1.165, 1.54) is 10.4 Å². The van der Waals surface area contributed by atoms with Crippen molar-refractivity contribution in [3.8, 4) is 0 Å². The van der Waals surface area contributed by atoms with Crippen LogP contribution >= 0.6 is 0 Å². The first-order valence-electron chi connectivity index (χ1n) is 11.1. The Bertz CT molecular complexity index is 796. The van der Waals surface area contributed by atoms with E-state index in [0.29, 0.717) is 50.7 Å². The summed E-state index contributed by atoms with van der Waals surface area (Å²) in [6, 6.07) is 0. The van der Waals surface area contributed by atoms with Gasteiger partial charge in [-0.05, 0) is 39.3 Å². The van der Waals surface area contributed by atoms with E-state index in [0.717, 1.165) is 6.54 Å². The summed E-state index contributed by atoms with van der Waals surface area (Å²) < 4.78 is 46.5. The van der Waals surface area contributed by atoms with Crippen LogP contribution in [0.4, 0.5) is 4.39 Å². The summed E-state index contributed by atoms with van der Waals surface area (Å²) >= 11 is 0. The van der Waals surface area contributed by atoms with Gasteiger partial charge in [-0.1, -0.05) is 13.8 Å². The average molecular weight is 461 g/mol. The van der Waals surface area contributed by atoms with Crippen molar-refractivity contribution in [2.24, 2.45) is 5.73 Å². The highest BCUT2D eigenvalue weighted by Gasteiger charge is 2.53. The molecule has 0 aromatic rings. The molecule has 1 amide bonds. The number of hydrogen-bond acceptors (Lipinski definition) is 6. The number of carbonyl (C=O) groups is 1. The molecule has 0 aromatic heterocycles. The Morgan fingerprint density at radius 1 is 1.10 bits per heavy atom. The number of nitrogens with two attached hydrogens (primary N) is 1. The zero-order valence-electron chi connectivity index (χ0n) is 19.2. The van der Waals surface area contributed by atoms with Crippen LogP contribution in [0, 0.1) is 0 Å². The fourth-order valence-electron chi connectivity index (χ4n) is 4.26. The van der Waals surface area contributed by atoms with Gasteiger partial charge in [-0.15, -0.1) is 0 Å². The van der Waals surface area contributed by atoms with Gasteiger partial charge in [-0.3, -0.25) is 4.79 Å². The third kappa shape index (κ3) is 5.40. The number of ether oxygens (including phenoxy) is 1. The minimum Gasteiger partial charge on any atom is -0.495 e. The number of rotatable bonds is 9. The lowest BCUT2D eigenvalue weighted by molar-refractivity contribution is -0.121. The average Bonchev–Trinajstić information content (AvgIpc) is 2.77.